The number of hydrogen-bond acceptors (Lipinski definition) is 4. The molecule has 0 aliphatic rings. The fraction of sp³-hybridized carbons (Fsp3) is 0. The molecular weight excluding hydrogens is 223 g/mol. The Morgan fingerprint density at radius 1 is 0.857 bits per heavy atom. The van der Waals surface area contributed by atoms with Crippen LogP contribution in [0, 0.1) is 0 Å². The Bertz CT molecular complexity index is 27.2. The molecule has 0 aromatic carbocycles. The molecule has 0 heterocycles. The second-order valence-corrected chi connectivity index (χ2v) is 1.80. The van der Waals surface area contributed by atoms with Crippen molar-refractivity contribution in [2.45, 2.75) is 0 Å². The molecular formula is H6CaO4SiZr. The van der Waals surface area contributed by atoms with Gasteiger partial charge in [0.1, 0.15) is 0 Å². The van der Waals surface area contributed by atoms with Gasteiger partial charge in [-0.15, -0.1) is 0 Å². The zero-order valence-electron chi connectivity index (χ0n) is 2.79. The zero-order valence-corrected chi connectivity index (χ0v) is 6.25. The van der Waals surface area contributed by atoms with Gasteiger partial charge in [0.15, 0.2) is 0 Å². The monoisotopic (exact) mass is 228 g/mol. The van der Waals surface area contributed by atoms with Gasteiger partial charge in [-0.2, -0.15) is 0 Å². The van der Waals surface area contributed by atoms with E-state index in [9.17, 15) is 0 Å². The molecule has 7 heavy (non-hydrogen) atoms. The van der Waals surface area contributed by atoms with Gasteiger partial charge in [0.2, 0.25) is 0 Å². The van der Waals surface area contributed by atoms with E-state index in [2.05, 4.69) is 0 Å². The molecule has 0 rings (SSSR count). The second-order valence-electron chi connectivity index (χ2n) is 0.600. The molecule has 0 saturated heterocycles. The van der Waals surface area contributed by atoms with Crippen molar-refractivity contribution >= 4 is 46.8 Å². The first kappa shape index (κ1) is 16.1. The van der Waals surface area contributed by atoms with E-state index in [0.29, 0.717) is 0 Å². The predicted molar refractivity (Wildman–Crippen MR) is 23.2 cm³/mol. The Morgan fingerprint density at radius 2 is 0.857 bits per heavy atom. The van der Waals surface area contributed by atoms with Gasteiger partial charge in [-0.3, -0.25) is 0 Å². The molecule has 0 aliphatic heterocycles. The Kier molecular flexibility index (Phi) is 14.5. The third-order valence-corrected chi connectivity index (χ3v) is 0. The van der Waals surface area contributed by atoms with Crippen LogP contribution in [0.2, 0.25) is 0 Å². The van der Waals surface area contributed by atoms with Gasteiger partial charge < -0.3 is 19.2 Å². The molecule has 40 valence electrons. The van der Waals surface area contributed by atoms with E-state index in [1.165, 1.54) is 0 Å². The van der Waals surface area contributed by atoms with Gasteiger partial charge in [0.05, 0.1) is 0 Å². The van der Waals surface area contributed by atoms with Crippen LogP contribution in [0.25, 0.3) is 0 Å². The van der Waals surface area contributed by atoms with E-state index in [0.717, 1.165) is 0 Å². The molecule has 0 aliphatic carbocycles. The topological polar surface area (TPSA) is 80.9 Å². The summed E-state index contributed by atoms with van der Waals surface area (Å²) < 4.78 is 0. The largest absolute Gasteiger partial charge is 0 e. The van der Waals surface area contributed by atoms with Gasteiger partial charge >= 0.3 is 46.8 Å². The fourth-order valence-corrected chi connectivity index (χ4v) is 0. The van der Waals surface area contributed by atoms with E-state index in [4.69, 9.17) is 19.2 Å². The fourth-order valence-electron chi connectivity index (χ4n) is 0. The van der Waals surface area contributed by atoms with Crippen molar-refractivity contribution < 1.29 is 45.4 Å². The van der Waals surface area contributed by atoms with E-state index in [1.54, 1.807) is 0 Å². The first-order valence-corrected chi connectivity index (χ1v) is 2.68. The predicted octanol–water partition coefficient (Wildman–Crippen LogP) is -3.53. The molecule has 0 aromatic rings. The third kappa shape index (κ3) is 65.1. The maximum Gasteiger partial charge on any atom is 0 e. The van der Waals surface area contributed by atoms with Crippen molar-refractivity contribution in [2.24, 2.45) is 0 Å². The molecule has 0 unspecified atom stereocenters. The molecule has 0 amide bonds. The van der Waals surface area contributed by atoms with E-state index in [1.807, 2.05) is 0 Å². The summed E-state index contributed by atoms with van der Waals surface area (Å²) in [7, 11) is -4.61. The van der Waals surface area contributed by atoms with Crippen LogP contribution in [0.3, 0.4) is 0 Å². The van der Waals surface area contributed by atoms with Crippen LogP contribution in [-0.4, -0.2) is 66.0 Å². The molecule has 0 radical (unpaired) electrons. The average molecular weight is 229 g/mol. The SMILES string of the molecule is O[Si](O)(O)O.[CaH2].[Zr]. The Morgan fingerprint density at radius 3 is 0.857 bits per heavy atom. The first-order valence-electron chi connectivity index (χ1n) is 0.894. The zero-order chi connectivity index (χ0) is 4.50. The van der Waals surface area contributed by atoms with Crippen molar-refractivity contribution in [2.75, 3.05) is 0 Å². The Hall–Kier alpha value is 2.20. The second kappa shape index (κ2) is 6.32. The van der Waals surface area contributed by atoms with Crippen LogP contribution < -0.4 is 0 Å². The van der Waals surface area contributed by atoms with Crippen LogP contribution in [-0.2, 0) is 26.2 Å². The molecule has 7 heteroatoms. The van der Waals surface area contributed by atoms with Crippen molar-refractivity contribution in [3.05, 3.63) is 0 Å². The molecule has 4 N–H and O–H groups in total. The standard InChI is InChI=1S/Ca.H4O4Si.Zr.2H/c;1-5(2,3)4;;;/h;1-4H;;;. The summed E-state index contributed by atoms with van der Waals surface area (Å²) in [6.07, 6.45) is 0. The molecule has 0 aromatic heterocycles. The smallest absolute Gasteiger partial charge is 0 e. The van der Waals surface area contributed by atoms with Crippen molar-refractivity contribution in [3.63, 3.8) is 0 Å². The van der Waals surface area contributed by atoms with Crippen LogP contribution in [0.1, 0.15) is 0 Å². The summed E-state index contributed by atoms with van der Waals surface area (Å²) in [6.45, 7) is 0. The maximum atomic E-state index is 7.33. The van der Waals surface area contributed by atoms with E-state index in [-0.39, 0.29) is 63.9 Å². The number of hydrogen-bond donors (Lipinski definition) is 4. The molecule has 0 saturated carbocycles. The van der Waals surface area contributed by atoms with Gasteiger partial charge in [-0.25, -0.2) is 0 Å². The minimum absolute atomic E-state index is 0. The molecule has 0 fully saturated rings. The summed E-state index contributed by atoms with van der Waals surface area (Å²) in [5.74, 6) is 0. The van der Waals surface area contributed by atoms with Gasteiger partial charge in [0.25, 0.3) is 0 Å². The van der Waals surface area contributed by atoms with Crippen LogP contribution in [0.15, 0.2) is 0 Å². The van der Waals surface area contributed by atoms with Crippen LogP contribution in [0.4, 0.5) is 0 Å². The van der Waals surface area contributed by atoms with Crippen molar-refractivity contribution in [1.29, 1.82) is 0 Å². The summed E-state index contributed by atoms with van der Waals surface area (Å²) in [5.41, 5.74) is 0. The Labute approximate surface area is 90.8 Å². The summed E-state index contributed by atoms with van der Waals surface area (Å²) in [6, 6.07) is 0. The number of rotatable bonds is 0. The van der Waals surface area contributed by atoms with E-state index >= 15 is 0 Å². The first-order chi connectivity index (χ1) is 2.00. The molecule has 0 spiro atoms. The summed E-state index contributed by atoms with van der Waals surface area (Å²) >= 11 is 0. The normalized spacial score (nSPS) is 8.57. The van der Waals surface area contributed by atoms with Gasteiger partial charge in [-0.05, 0) is 0 Å². The van der Waals surface area contributed by atoms with Gasteiger partial charge in [-0.1, -0.05) is 0 Å². The van der Waals surface area contributed by atoms with E-state index < -0.39 is 9.05 Å². The van der Waals surface area contributed by atoms with Gasteiger partial charge in [0, 0.05) is 26.2 Å². The third-order valence-electron chi connectivity index (χ3n) is 0. The van der Waals surface area contributed by atoms with Crippen LogP contribution in [0.5, 0.6) is 0 Å². The molecule has 0 bridgehead atoms. The Balaban J connectivity index is -0.0000000800. The van der Waals surface area contributed by atoms with Crippen LogP contribution >= 0.6 is 0 Å². The minimum atomic E-state index is -4.61. The summed E-state index contributed by atoms with van der Waals surface area (Å²) in [4.78, 5) is 29.3. The quantitative estimate of drug-likeness (QED) is 0.325. The summed E-state index contributed by atoms with van der Waals surface area (Å²) in [5, 5.41) is 0. The minimum Gasteiger partial charge on any atom is 0 e. The van der Waals surface area contributed by atoms with Crippen molar-refractivity contribution in [1.82, 2.24) is 0 Å². The molecule has 4 nitrogen and oxygen atoms in total. The maximum absolute atomic E-state index is 7.33. The van der Waals surface area contributed by atoms with Crippen molar-refractivity contribution in [3.8, 4) is 0 Å². The molecule has 0 atom stereocenters. The average Bonchev–Trinajstić information content (AvgIpc) is 0.722.